The fourth-order valence-electron chi connectivity index (χ4n) is 2.50. The van der Waals surface area contributed by atoms with Crippen LogP contribution in [0, 0.1) is 5.92 Å². The van der Waals surface area contributed by atoms with Gasteiger partial charge in [-0.1, -0.05) is 18.2 Å². The molecule has 0 spiro atoms. The minimum Gasteiger partial charge on any atom is -0.477 e. The van der Waals surface area contributed by atoms with Crippen molar-refractivity contribution in [3.8, 4) is 5.88 Å². The number of para-hydroxylation sites is 1. The molecule has 1 aliphatic rings. The highest BCUT2D eigenvalue weighted by Crippen LogP contribution is 2.29. The van der Waals surface area contributed by atoms with Crippen LogP contribution in [0.3, 0.4) is 0 Å². The van der Waals surface area contributed by atoms with Gasteiger partial charge in [0.2, 0.25) is 5.88 Å². The number of aromatic nitrogens is 1. The predicted molar refractivity (Wildman–Crippen MR) is 97.5 cm³/mol. The van der Waals surface area contributed by atoms with Gasteiger partial charge in [0.05, 0.1) is 11.1 Å². The Labute approximate surface area is 153 Å². The molecular formula is C19H17BrN2O3. The molecule has 1 aromatic carbocycles. The number of amides is 1. The average Bonchev–Trinajstić information content (AvgIpc) is 3.35. The highest BCUT2D eigenvalue weighted by Gasteiger charge is 2.22. The Morgan fingerprint density at radius 1 is 1.32 bits per heavy atom. The molecule has 128 valence electrons. The monoisotopic (exact) mass is 400 g/mol. The van der Waals surface area contributed by atoms with Crippen molar-refractivity contribution >= 4 is 32.8 Å². The van der Waals surface area contributed by atoms with E-state index in [1.54, 1.807) is 12.3 Å². The molecule has 25 heavy (non-hydrogen) atoms. The molecule has 0 unspecified atom stereocenters. The summed E-state index contributed by atoms with van der Waals surface area (Å²) >= 11 is 3.42. The lowest BCUT2D eigenvalue weighted by molar-refractivity contribution is 0.0925. The van der Waals surface area contributed by atoms with E-state index in [4.69, 9.17) is 9.15 Å². The van der Waals surface area contributed by atoms with Crippen LogP contribution in [-0.2, 0) is 6.54 Å². The van der Waals surface area contributed by atoms with Crippen LogP contribution < -0.4 is 10.1 Å². The summed E-state index contributed by atoms with van der Waals surface area (Å²) in [5, 5.41) is 3.73. The van der Waals surface area contributed by atoms with Crippen LogP contribution in [0.4, 0.5) is 0 Å². The van der Waals surface area contributed by atoms with Crippen LogP contribution in [-0.4, -0.2) is 17.5 Å². The number of ether oxygens (including phenoxy) is 1. The van der Waals surface area contributed by atoms with Crippen molar-refractivity contribution in [1.29, 1.82) is 0 Å². The number of furan rings is 1. The third kappa shape index (κ3) is 3.85. The van der Waals surface area contributed by atoms with Gasteiger partial charge in [-0.25, -0.2) is 4.98 Å². The summed E-state index contributed by atoms with van der Waals surface area (Å²) in [6.45, 7) is 1.12. The second kappa shape index (κ2) is 6.88. The number of carbonyl (C=O) groups excluding carboxylic acids is 1. The van der Waals surface area contributed by atoms with E-state index in [1.807, 2.05) is 30.3 Å². The van der Waals surface area contributed by atoms with Gasteiger partial charge in [-0.05, 0) is 52.4 Å². The number of hydrogen-bond donors (Lipinski definition) is 1. The second-order valence-electron chi connectivity index (χ2n) is 6.21. The molecule has 0 saturated heterocycles. The Balaban J connectivity index is 1.36. The largest absolute Gasteiger partial charge is 0.477 e. The SMILES string of the molecule is O=C(NCc1ccc(OCC2CC2)nc1)c1cc2cccc(Br)c2o1. The first kappa shape index (κ1) is 16.1. The van der Waals surface area contributed by atoms with Gasteiger partial charge in [-0.2, -0.15) is 0 Å². The van der Waals surface area contributed by atoms with E-state index < -0.39 is 0 Å². The van der Waals surface area contributed by atoms with Gasteiger partial charge < -0.3 is 14.5 Å². The van der Waals surface area contributed by atoms with E-state index in [2.05, 4.69) is 26.2 Å². The van der Waals surface area contributed by atoms with Crippen molar-refractivity contribution in [2.45, 2.75) is 19.4 Å². The molecule has 1 amide bonds. The third-order valence-corrected chi connectivity index (χ3v) is 4.76. The highest BCUT2D eigenvalue weighted by atomic mass is 79.9. The Morgan fingerprint density at radius 3 is 2.92 bits per heavy atom. The Bertz CT molecular complexity index is 901. The summed E-state index contributed by atoms with van der Waals surface area (Å²) in [4.78, 5) is 16.6. The Kier molecular flexibility index (Phi) is 4.44. The maximum absolute atomic E-state index is 12.3. The van der Waals surface area contributed by atoms with Crippen molar-refractivity contribution in [2.75, 3.05) is 6.61 Å². The molecule has 1 N–H and O–H groups in total. The van der Waals surface area contributed by atoms with Gasteiger partial charge in [-0.15, -0.1) is 0 Å². The molecule has 4 rings (SSSR count). The van der Waals surface area contributed by atoms with Crippen molar-refractivity contribution in [3.05, 3.63) is 58.4 Å². The first-order valence-corrected chi connectivity index (χ1v) is 9.02. The highest BCUT2D eigenvalue weighted by molar-refractivity contribution is 9.10. The zero-order valence-corrected chi connectivity index (χ0v) is 15.1. The summed E-state index contributed by atoms with van der Waals surface area (Å²) in [5.74, 6) is 1.37. The maximum Gasteiger partial charge on any atom is 0.287 e. The molecule has 5 nitrogen and oxygen atoms in total. The zero-order valence-electron chi connectivity index (χ0n) is 13.5. The molecular weight excluding hydrogens is 384 g/mol. The third-order valence-electron chi connectivity index (χ3n) is 4.13. The fourth-order valence-corrected chi connectivity index (χ4v) is 2.96. The number of fused-ring (bicyclic) bond motifs is 1. The first-order chi connectivity index (χ1) is 12.2. The van der Waals surface area contributed by atoms with Crippen LogP contribution >= 0.6 is 15.9 Å². The molecule has 6 heteroatoms. The van der Waals surface area contributed by atoms with Gasteiger partial charge >= 0.3 is 0 Å². The average molecular weight is 401 g/mol. The van der Waals surface area contributed by atoms with Crippen molar-refractivity contribution in [3.63, 3.8) is 0 Å². The normalized spacial score (nSPS) is 13.8. The fraction of sp³-hybridized carbons (Fsp3) is 0.263. The second-order valence-corrected chi connectivity index (χ2v) is 7.06. The Morgan fingerprint density at radius 2 is 2.20 bits per heavy atom. The van der Waals surface area contributed by atoms with E-state index in [9.17, 15) is 4.79 Å². The number of hydrogen-bond acceptors (Lipinski definition) is 4. The topological polar surface area (TPSA) is 64.4 Å². The number of nitrogens with one attached hydrogen (secondary N) is 1. The number of rotatable bonds is 6. The smallest absolute Gasteiger partial charge is 0.287 e. The van der Waals surface area contributed by atoms with Gasteiger partial charge in [0.15, 0.2) is 5.76 Å². The number of pyridine rings is 1. The minimum absolute atomic E-state index is 0.253. The summed E-state index contributed by atoms with van der Waals surface area (Å²) in [7, 11) is 0. The zero-order chi connectivity index (χ0) is 17.2. The van der Waals surface area contributed by atoms with Crippen LogP contribution in [0.2, 0.25) is 0 Å². The van der Waals surface area contributed by atoms with Crippen LogP contribution in [0.25, 0.3) is 11.0 Å². The number of halogens is 1. The molecule has 1 aliphatic carbocycles. The number of benzene rings is 1. The lowest BCUT2D eigenvalue weighted by Gasteiger charge is -2.06. The molecule has 1 fully saturated rings. The molecule has 3 aromatic rings. The molecule has 0 atom stereocenters. The molecule has 0 aliphatic heterocycles. The molecule has 0 radical (unpaired) electrons. The summed E-state index contributed by atoms with van der Waals surface area (Å²) in [6.07, 6.45) is 4.22. The molecule has 2 heterocycles. The standard InChI is InChI=1S/C19H17BrN2O3/c20-15-3-1-2-14-8-16(25-18(14)15)19(23)22-10-13-6-7-17(21-9-13)24-11-12-4-5-12/h1-3,6-9,12H,4-5,10-11H2,(H,22,23). The molecule has 2 aromatic heterocycles. The van der Waals surface area contributed by atoms with E-state index >= 15 is 0 Å². The quantitative estimate of drug-likeness (QED) is 0.669. The van der Waals surface area contributed by atoms with E-state index in [0.29, 0.717) is 29.7 Å². The van der Waals surface area contributed by atoms with Crippen LogP contribution in [0.5, 0.6) is 5.88 Å². The van der Waals surface area contributed by atoms with E-state index in [1.165, 1.54) is 12.8 Å². The van der Waals surface area contributed by atoms with E-state index in [0.717, 1.165) is 22.0 Å². The van der Waals surface area contributed by atoms with E-state index in [-0.39, 0.29) is 5.91 Å². The Hall–Kier alpha value is -2.34. The van der Waals surface area contributed by atoms with Crippen molar-refractivity contribution in [2.24, 2.45) is 5.92 Å². The first-order valence-electron chi connectivity index (χ1n) is 8.23. The van der Waals surface area contributed by atoms with Crippen LogP contribution in [0.1, 0.15) is 29.0 Å². The van der Waals surface area contributed by atoms with Crippen LogP contribution in [0.15, 0.2) is 51.5 Å². The van der Waals surface area contributed by atoms with Crippen molar-refractivity contribution < 1.29 is 13.9 Å². The lowest BCUT2D eigenvalue weighted by Crippen LogP contribution is -2.22. The van der Waals surface area contributed by atoms with Crippen molar-refractivity contribution in [1.82, 2.24) is 10.3 Å². The van der Waals surface area contributed by atoms with Gasteiger partial charge in [-0.3, -0.25) is 4.79 Å². The summed E-state index contributed by atoms with van der Waals surface area (Å²) in [5.41, 5.74) is 1.58. The minimum atomic E-state index is -0.253. The molecule has 1 saturated carbocycles. The maximum atomic E-state index is 12.3. The molecule has 0 bridgehead atoms. The van der Waals surface area contributed by atoms with Gasteiger partial charge in [0, 0.05) is 24.2 Å². The summed E-state index contributed by atoms with van der Waals surface area (Å²) in [6, 6.07) is 11.2. The van der Waals surface area contributed by atoms with Gasteiger partial charge in [0.25, 0.3) is 5.91 Å². The number of carbonyl (C=O) groups is 1. The summed E-state index contributed by atoms with van der Waals surface area (Å²) < 4.78 is 12.1. The lowest BCUT2D eigenvalue weighted by atomic mass is 10.2. The predicted octanol–water partition coefficient (Wildman–Crippen LogP) is 4.31. The van der Waals surface area contributed by atoms with Gasteiger partial charge in [0.1, 0.15) is 5.58 Å². The number of nitrogens with zero attached hydrogens (tertiary/aromatic N) is 1.